The Labute approximate surface area is 169 Å². The SMILES string of the molecule is Cc1ccc(-c2nn(-c3ccccc3)cc2CN(C)C(=O)C=CC(=O)O)cc1C. The van der Waals surface area contributed by atoms with E-state index in [1.165, 1.54) is 10.5 Å². The summed E-state index contributed by atoms with van der Waals surface area (Å²) in [6.07, 6.45) is 3.81. The van der Waals surface area contributed by atoms with Crippen molar-refractivity contribution in [1.82, 2.24) is 14.7 Å². The van der Waals surface area contributed by atoms with E-state index in [1.54, 1.807) is 11.7 Å². The molecule has 1 N–H and O–H groups in total. The van der Waals surface area contributed by atoms with Crippen molar-refractivity contribution in [2.24, 2.45) is 0 Å². The molecule has 0 aliphatic carbocycles. The first-order valence-corrected chi connectivity index (χ1v) is 9.23. The molecule has 148 valence electrons. The number of likely N-dealkylation sites (N-methyl/N-ethyl adjacent to an activating group) is 1. The summed E-state index contributed by atoms with van der Waals surface area (Å²) >= 11 is 0. The first kappa shape index (κ1) is 20.1. The minimum absolute atomic E-state index is 0.303. The maximum Gasteiger partial charge on any atom is 0.328 e. The molecule has 3 aromatic rings. The van der Waals surface area contributed by atoms with Gasteiger partial charge in [0.05, 0.1) is 11.4 Å². The molecule has 29 heavy (non-hydrogen) atoms. The Morgan fingerprint density at radius 2 is 1.79 bits per heavy atom. The summed E-state index contributed by atoms with van der Waals surface area (Å²) in [5, 5.41) is 13.5. The van der Waals surface area contributed by atoms with Crippen molar-refractivity contribution in [3.8, 4) is 16.9 Å². The summed E-state index contributed by atoms with van der Waals surface area (Å²) in [6.45, 7) is 4.42. The first-order chi connectivity index (χ1) is 13.8. The van der Waals surface area contributed by atoms with Crippen LogP contribution in [0.2, 0.25) is 0 Å². The Morgan fingerprint density at radius 3 is 2.45 bits per heavy atom. The fourth-order valence-electron chi connectivity index (χ4n) is 2.97. The maximum absolute atomic E-state index is 12.2. The molecule has 1 heterocycles. The molecular weight excluding hydrogens is 366 g/mol. The number of aromatic nitrogens is 2. The van der Waals surface area contributed by atoms with E-state index in [0.717, 1.165) is 40.2 Å². The van der Waals surface area contributed by atoms with Gasteiger partial charge in [-0.25, -0.2) is 9.48 Å². The lowest BCUT2D eigenvalue weighted by Gasteiger charge is -2.15. The molecule has 6 heteroatoms. The predicted molar refractivity (Wildman–Crippen MR) is 112 cm³/mol. The van der Waals surface area contributed by atoms with Crippen LogP contribution in [0.4, 0.5) is 0 Å². The maximum atomic E-state index is 12.2. The molecule has 6 nitrogen and oxygen atoms in total. The summed E-state index contributed by atoms with van der Waals surface area (Å²) in [5.74, 6) is -1.54. The highest BCUT2D eigenvalue weighted by Crippen LogP contribution is 2.26. The Morgan fingerprint density at radius 1 is 1.07 bits per heavy atom. The first-order valence-electron chi connectivity index (χ1n) is 9.23. The van der Waals surface area contributed by atoms with E-state index in [9.17, 15) is 9.59 Å². The molecular formula is C23H23N3O3. The van der Waals surface area contributed by atoms with E-state index in [4.69, 9.17) is 10.2 Å². The lowest BCUT2D eigenvalue weighted by Crippen LogP contribution is -2.24. The van der Waals surface area contributed by atoms with Crippen molar-refractivity contribution in [3.63, 3.8) is 0 Å². The Balaban J connectivity index is 1.99. The van der Waals surface area contributed by atoms with E-state index in [2.05, 4.69) is 26.0 Å². The highest BCUT2D eigenvalue weighted by molar-refractivity contribution is 5.93. The van der Waals surface area contributed by atoms with Crippen LogP contribution in [0.5, 0.6) is 0 Å². The van der Waals surface area contributed by atoms with E-state index in [0.29, 0.717) is 6.54 Å². The molecule has 0 aliphatic rings. The Hall–Kier alpha value is -3.67. The van der Waals surface area contributed by atoms with E-state index < -0.39 is 5.97 Å². The van der Waals surface area contributed by atoms with Crippen molar-refractivity contribution < 1.29 is 14.7 Å². The molecule has 0 atom stereocenters. The third-order valence-corrected chi connectivity index (χ3v) is 4.74. The van der Waals surface area contributed by atoms with Crippen molar-refractivity contribution in [3.05, 3.63) is 83.6 Å². The Bertz CT molecular complexity index is 1070. The molecule has 0 saturated carbocycles. The van der Waals surface area contributed by atoms with Crippen LogP contribution in [0.25, 0.3) is 16.9 Å². The number of para-hydroxylation sites is 1. The summed E-state index contributed by atoms with van der Waals surface area (Å²) in [6, 6.07) is 15.9. The zero-order valence-corrected chi connectivity index (χ0v) is 16.7. The minimum Gasteiger partial charge on any atom is -0.478 e. The lowest BCUT2D eigenvalue weighted by molar-refractivity contribution is -0.132. The smallest absolute Gasteiger partial charge is 0.328 e. The zero-order valence-electron chi connectivity index (χ0n) is 16.7. The molecule has 0 spiro atoms. The molecule has 0 aliphatic heterocycles. The number of hydrogen-bond acceptors (Lipinski definition) is 3. The van der Waals surface area contributed by atoms with Gasteiger partial charge in [0.15, 0.2) is 0 Å². The number of hydrogen-bond donors (Lipinski definition) is 1. The molecule has 0 radical (unpaired) electrons. The molecule has 3 rings (SSSR count). The molecule has 1 amide bonds. The number of benzene rings is 2. The summed E-state index contributed by atoms with van der Waals surface area (Å²) < 4.78 is 1.80. The number of aryl methyl sites for hydroxylation is 2. The molecule has 2 aromatic carbocycles. The highest BCUT2D eigenvalue weighted by atomic mass is 16.4. The van der Waals surface area contributed by atoms with Gasteiger partial charge in [0.1, 0.15) is 0 Å². The number of aliphatic carboxylic acids is 1. The van der Waals surface area contributed by atoms with E-state index >= 15 is 0 Å². The molecule has 0 bridgehead atoms. The van der Waals surface area contributed by atoms with Gasteiger partial charge in [-0.15, -0.1) is 0 Å². The average Bonchev–Trinajstić information content (AvgIpc) is 3.12. The van der Waals surface area contributed by atoms with Crippen LogP contribution in [0.15, 0.2) is 66.9 Å². The van der Waals surface area contributed by atoms with Crippen LogP contribution in [0, 0.1) is 13.8 Å². The number of rotatable bonds is 6. The largest absolute Gasteiger partial charge is 0.478 e. The highest BCUT2D eigenvalue weighted by Gasteiger charge is 2.16. The average molecular weight is 389 g/mol. The fraction of sp³-hybridized carbons (Fsp3) is 0.174. The van der Waals surface area contributed by atoms with Crippen molar-refractivity contribution in [1.29, 1.82) is 0 Å². The van der Waals surface area contributed by atoms with Gasteiger partial charge in [0, 0.05) is 43.1 Å². The number of carboxylic acid groups (broad SMARTS) is 1. The number of carbonyl (C=O) groups excluding carboxylic acids is 1. The van der Waals surface area contributed by atoms with Gasteiger partial charge in [-0.2, -0.15) is 5.10 Å². The summed E-state index contributed by atoms with van der Waals surface area (Å²) in [5.41, 5.74) is 5.92. The monoisotopic (exact) mass is 389 g/mol. The van der Waals surface area contributed by atoms with Gasteiger partial charge in [0.2, 0.25) is 5.91 Å². The van der Waals surface area contributed by atoms with Crippen LogP contribution < -0.4 is 0 Å². The van der Waals surface area contributed by atoms with Crippen molar-refractivity contribution in [2.45, 2.75) is 20.4 Å². The zero-order chi connectivity index (χ0) is 21.0. The van der Waals surface area contributed by atoms with Gasteiger partial charge < -0.3 is 10.0 Å². The normalized spacial score (nSPS) is 11.0. The van der Waals surface area contributed by atoms with Crippen LogP contribution >= 0.6 is 0 Å². The van der Waals surface area contributed by atoms with Crippen LogP contribution in [0.1, 0.15) is 16.7 Å². The second-order valence-electron chi connectivity index (χ2n) is 6.95. The number of carbonyl (C=O) groups is 2. The third-order valence-electron chi connectivity index (χ3n) is 4.74. The van der Waals surface area contributed by atoms with Crippen molar-refractivity contribution in [2.75, 3.05) is 7.05 Å². The van der Waals surface area contributed by atoms with Crippen LogP contribution in [-0.2, 0) is 16.1 Å². The summed E-state index contributed by atoms with van der Waals surface area (Å²) in [7, 11) is 1.64. The Kier molecular flexibility index (Phi) is 5.93. The summed E-state index contributed by atoms with van der Waals surface area (Å²) in [4.78, 5) is 24.4. The van der Waals surface area contributed by atoms with E-state index in [-0.39, 0.29) is 5.91 Å². The molecule has 0 saturated heterocycles. The quantitative estimate of drug-likeness (QED) is 0.652. The second-order valence-corrected chi connectivity index (χ2v) is 6.95. The molecule has 1 aromatic heterocycles. The topological polar surface area (TPSA) is 75.4 Å². The van der Waals surface area contributed by atoms with Crippen LogP contribution in [0.3, 0.4) is 0 Å². The number of amides is 1. The van der Waals surface area contributed by atoms with Crippen molar-refractivity contribution >= 4 is 11.9 Å². The lowest BCUT2D eigenvalue weighted by atomic mass is 10.0. The molecule has 0 fully saturated rings. The standard InChI is InChI=1S/C23H23N3O3/c1-16-9-10-18(13-17(16)2)23-19(14-25(3)21(27)11-12-22(28)29)15-26(24-23)20-7-5-4-6-8-20/h4-13,15H,14H2,1-3H3,(H,28,29). The van der Waals surface area contributed by atoms with Gasteiger partial charge in [-0.1, -0.05) is 30.3 Å². The van der Waals surface area contributed by atoms with E-state index in [1.807, 2.05) is 42.6 Å². The van der Waals surface area contributed by atoms with Gasteiger partial charge in [0.25, 0.3) is 0 Å². The number of nitrogens with zero attached hydrogens (tertiary/aromatic N) is 3. The number of carboxylic acids is 1. The van der Waals surface area contributed by atoms with Crippen LogP contribution in [-0.4, -0.2) is 38.7 Å². The van der Waals surface area contributed by atoms with Gasteiger partial charge in [-0.05, 0) is 43.2 Å². The second kappa shape index (κ2) is 8.56. The molecule has 0 unspecified atom stereocenters. The fourth-order valence-corrected chi connectivity index (χ4v) is 2.97. The van der Waals surface area contributed by atoms with Gasteiger partial charge >= 0.3 is 5.97 Å². The minimum atomic E-state index is -1.15. The van der Waals surface area contributed by atoms with Gasteiger partial charge in [-0.3, -0.25) is 4.79 Å². The third kappa shape index (κ3) is 4.79. The predicted octanol–water partition coefficient (Wildman–Crippen LogP) is 3.76.